The SMILES string of the molecule is CCCCCCCCC=CC1=C(c2ccc(C)cc2)[N+](=[N-])C(c2ccc(C)cc2)=C1. The summed E-state index contributed by atoms with van der Waals surface area (Å²) in [6.45, 7) is 6.42. The molecule has 1 aliphatic rings. The van der Waals surface area contributed by atoms with Gasteiger partial charge in [-0.05, 0) is 51.0 Å². The molecule has 0 aliphatic carbocycles. The van der Waals surface area contributed by atoms with Gasteiger partial charge in [0.15, 0.2) is 0 Å². The maximum atomic E-state index is 11.1. The summed E-state index contributed by atoms with van der Waals surface area (Å²) in [5.41, 5.74) is 18.3. The molecule has 0 spiro atoms. The molecule has 0 fully saturated rings. The van der Waals surface area contributed by atoms with Crippen LogP contribution in [0.15, 0.2) is 72.3 Å². The van der Waals surface area contributed by atoms with Crippen LogP contribution in [-0.2, 0) is 0 Å². The topological polar surface area (TPSA) is 25.3 Å². The van der Waals surface area contributed by atoms with Gasteiger partial charge >= 0.3 is 0 Å². The Balaban J connectivity index is 1.78. The van der Waals surface area contributed by atoms with Gasteiger partial charge in [-0.25, -0.2) is 4.70 Å². The molecule has 1 heterocycles. The molecule has 2 nitrogen and oxygen atoms in total. The van der Waals surface area contributed by atoms with Gasteiger partial charge in [0, 0.05) is 17.2 Å². The van der Waals surface area contributed by atoms with Gasteiger partial charge in [-0.1, -0.05) is 86.6 Å². The van der Waals surface area contributed by atoms with E-state index >= 15 is 0 Å². The van der Waals surface area contributed by atoms with Crippen molar-refractivity contribution in [3.8, 4) is 0 Å². The standard InChI is InChI=1S/C28H34N2/c1-4-5-6-7-8-9-10-11-12-26-21-27(24-17-13-22(2)14-18-24)30(29)28(26)25-19-15-23(3)16-20-25/h11-21H,4-10H2,1-3H3. The van der Waals surface area contributed by atoms with Gasteiger partial charge in [0.05, 0.1) is 5.57 Å². The average Bonchev–Trinajstić information content (AvgIpc) is 3.07. The number of benzene rings is 2. The zero-order valence-corrected chi connectivity index (χ0v) is 18.7. The molecule has 0 aromatic heterocycles. The van der Waals surface area contributed by atoms with Crippen LogP contribution in [0.3, 0.4) is 0 Å². The predicted molar refractivity (Wildman–Crippen MR) is 128 cm³/mol. The van der Waals surface area contributed by atoms with Crippen molar-refractivity contribution in [2.75, 3.05) is 0 Å². The van der Waals surface area contributed by atoms with E-state index in [4.69, 9.17) is 0 Å². The molecule has 0 N–H and O–H groups in total. The van der Waals surface area contributed by atoms with Crippen LogP contribution in [0.1, 0.15) is 74.1 Å². The molecule has 0 bridgehead atoms. The lowest BCUT2D eigenvalue weighted by Gasteiger charge is -2.09. The van der Waals surface area contributed by atoms with Gasteiger partial charge in [-0.15, -0.1) is 0 Å². The second-order valence-corrected chi connectivity index (χ2v) is 8.34. The fourth-order valence-electron chi connectivity index (χ4n) is 3.83. The monoisotopic (exact) mass is 398 g/mol. The van der Waals surface area contributed by atoms with Crippen LogP contribution in [0.2, 0.25) is 0 Å². The van der Waals surface area contributed by atoms with Crippen LogP contribution in [0, 0.1) is 13.8 Å². The van der Waals surface area contributed by atoms with E-state index < -0.39 is 0 Å². The van der Waals surface area contributed by atoms with E-state index in [0.29, 0.717) is 0 Å². The van der Waals surface area contributed by atoms with Gasteiger partial charge < -0.3 is 5.53 Å². The highest BCUT2D eigenvalue weighted by atomic mass is 15.2. The minimum atomic E-state index is 0.824. The highest BCUT2D eigenvalue weighted by molar-refractivity contribution is 5.80. The zero-order chi connectivity index (χ0) is 21.3. The first-order valence-corrected chi connectivity index (χ1v) is 11.4. The third-order valence-corrected chi connectivity index (χ3v) is 5.70. The van der Waals surface area contributed by atoms with E-state index in [-0.39, 0.29) is 0 Å². The first-order chi connectivity index (χ1) is 14.6. The lowest BCUT2D eigenvalue weighted by molar-refractivity contribution is -0.344. The summed E-state index contributed by atoms with van der Waals surface area (Å²) in [7, 11) is 0. The number of hydrogen-bond donors (Lipinski definition) is 0. The van der Waals surface area contributed by atoms with Crippen molar-refractivity contribution in [3.05, 3.63) is 100 Å². The Kier molecular flexibility index (Phi) is 7.96. The summed E-state index contributed by atoms with van der Waals surface area (Å²) < 4.78 is 1.35. The van der Waals surface area contributed by atoms with Crippen molar-refractivity contribution in [1.82, 2.24) is 0 Å². The molecule has 156 valence electrons. The summed E-state index contributed by atoms with van der Waals surface area (Å²) in [5.74, 6) is 0. The van der Waals surface area contributed by atoms with Crippen LogP contribution in [-0.4, -0.2) is 4.70 Å². The molecule has 30 heavy (non-hydrogen) atoms. The minimum absolute atomic E-state index is 0.824. The van der Waals surface area contributed by atoms with Crippen LogP contribution < -0.4 is 0 Å². The Bertz CT molecular complexity index is 941. The zero-order valence-electron chi connectivity index (χ0n) is 18.7. The molecule has 0 atom stereocenters. The summed E-state index contributed by atoms with van der Waals surface area (Å²) in [6, 6.07) is 16.7. The molecule has 0 unspecified atom stereocenters. The molecular formula is C28H34N2. The molecule has 0 amide bonds. The molecule has 2 aromatic rings. The van der Waals surface area contributed by atoms with Crippen LogP contribution >= 0.6 is 0 Å². The number of allylic oxidation sites excluding steroid dienone is 4. The van der Waals surface area contributed by atoms with Gasteiger partial charge in [0.2, 0.25) is 11.4 Å². The number of aryl methyl sites for hydroxylation is 2. The van der Waals surface area contributed by atoms with Crippen molar-refractivity contribution in [3.63, 3.8) is 0 Å². The molecule has 3 rings (SSSR count). The number of rotatable bonds is 10. The van der Waals surface area contributed by atoms with Gasteiger partial charge in [0.25, 0.3) is 0 Å². The van der Waals surface area contributed by atoms with E-state index in [1.165, 1.54) is 54.3 Å². The number of nitrogens with zero attached hydrogens (tertiary/aromatic N) is 2. The summed E-state index contributed by atoms with van der Waals surface area (Å²) in [6.07, 6.45) is 15.5. The number of unbranched alkanes of at least 4 members (excludes halogenated alkanes) is 6. The Morgan fingerprint density at radius 3 is 1.97 bits per heavy atom. The molecule has 2 heteroatoms. The molecule has 2 aromatic carbocycles. The fraction of sp³-hybridized carbons (Fsp3) is 0.357. The van der Waals surface area contributed by atoms with Crippen molar-refractivity contribution in [1.29, 1.82) is 0 Å². The van der Waals surface area contributed by atoms with Gasteiger partial charge in [-0.2, -0.15) is 0 Å². The van der Waals surface area contributed by atoms with E-state index in [2.05, 4.69) is 87.5 Å². The summed E-state index contributed by atoms with van der Waals surface area (Å²) in [4.78, 5) is 0. The Labute approximate surface area is 182 Å². The molecule has 0 saturated carbocycles. The highest BCUT2D eigenvalue weighted by Gasteiger charge is 2.27. The lowest BCUT2D eigenvalue weighted by Crippen LogP contribution is -2.02. The minimum Gasteiger partial charge on any atom is -0.493 e. The Morgan fingerprint density at radius 2 is 1.33 bits per heavy atom. The maximum absolute atomic E-state index is 11.1. The highest BCUT2D eigenvalue weighted by Crippen LogP contribution is 2.36. The van der Waals surface area contributed by atoms with Crippen molar-refractivity contribution in [2.45, 2.75) is 65.7 Å². The van der Waals surface area contributed by atoms with Crippen molar-refractivity contribution < 1.29 is 4.70 Å². The normalized spacial score (nSPS) is 14.1. The molecule has 0 saturated heterocycles. The van der Waals surface area contributed by atoms with E-state index in [9.17, 15) is 5.53 Å². The maximum Gasteiger partial charge on any atom is 0.214 e. The second kappa shape index (κ2) is 10.9. The van der Waals surface area contributed by atoms with Crippen molar-refractivity contribution in [2.24, 2.45) is 0 Å². The number of hydrogen-bond acceptors (Lipinski definition) is 0. The van der Waals surface area contributed by atoms with Crippen LogP contribution in [0.5, 0.6) is 0 Å². The lowest BCUT2D eigenvalue weighted by atomic mass is 10.0. The third kappa shape index (κ3) is 5.66. The quantitative estimate of drug-likeness (QED) is 0.283. The second-order valence-electron chi connectivity index (χ2n) is 8.34. The molecule has 1 aliphatic heterocycles. The van der Waals surface area contributed by atoms with Gasteiger partial charge in [0.1, 0.15) is 0 Å². The smallest absolute Gasteiger partial charge is 0.214 e. The Hall–Kier alpha value is -2.74. The first-order valence-electron chi connectivity index (χ1n) is 11.4. The summed E-state index contributed by atoms with van der Waals surface area (Å²) >= 11 is 0. The van der Waals surface area contributed by atoms with Crippen LogP contribution in [0.25, 0.3) is 16.9 Å². The van der Waals surface area contributed by atoms with E-state index in [1.807, 2.05) is 0 Å². The largest absolute Gasteiger partial charge is 0.493 e. The average molecular weight is 399 g/mol. The fourth-order valence-corrected chi connectivity index (χ4v) is 3.83. The molecular weight excluding hydrogens is 364 g/mol. The Morgan fingerprint density at radius 1 is 0.767 bits per heavy atom. The molecule has 0 radical (unpaired) electrons. The van der Waals surface area contributed by atoms with Gasteiger partial charge in [-0.3, -0.25) is 0 Å². The third-order valence-electron chi connectivity index (χ3n) is 5.70. The van der Waals surface area contributed by atoms with Crippen molar-refractivity contribution >= 4 is 11.4 Å². The predicted octanol–water partition coefficient (Wildman–Crippen LogP) is 8.41. The summed E-state index contributed by atoms with van der Waals surface area (Å²) in [5, 5.41) is 0. The van der Waals surface area contributed by atoms with Crippen LogP contribution in [0.4, 0.5) is 0 Å². The van der Waals surface area contributed by atoms with E-state index in [1.54, 1.807) is 0 Å². The van der Waals surface area contributed by atoms with E-state index in [0.717, 1.165) is 34.5 Å². The first kappa shape index (κ1) is 22.0.